The summed E-state index contributed by atoms with van der Waals surface area (Å²) in [6.45, 7) is 0. The first-order valence-electron chi connectivity index (χ1n) is 8.29. The molecule has 0 aliphatic heterocycles. The van der Waals surface area contributed by atoms with Crippen molar-refractivity contribution in [3.05, 3.63) is 95.6 Å². The maximum Gasteiger partial charge on any atom is 0.271 e. The highest BCUT2D eigenvalue weighted by molar-refractivity contribution is 5.95. The first-order chi connectivity index (χ1) is 13.7. The van der Waals surface area contributed by atoms with Crippen LogP contribution in [-0.4, -0.2) is 34.2 Å². The second-order valence-corrected chi connectivity index (χ2v) is 5.54. The highest BCUT2D eigenvalue weighted by atomic mass is 16.2. The van der Waals surface area contributed by atoms with E-state index in [-0.39, 0.29) is 11.8 Å². The fourth-order valence-corrected chi connectivity index (χ4v) is 2.19. The Hall–Kier alpha value is -4.20. The minimum atomic E-state index is -0.324. The second kappa shape index (κ2) is 9.48. The topological polar surface area (TPSA) is 109 Å². The van der Waals surface area contributed by atoms with Crippen LogP contribution >= 0.6 is 0 Å². The number of benzene rings is 1. The number of pyridine rings is 2. The standard InChI is InChI=1S/C20H16N6O2/c27-19(17-4-8-21-9-5-17)25-23-13-15-2-1-3-16(12-15)14-24-26-20(28)18-6-10-22-11-7-18/h1-14H,(H,25,27)(H,26,28)/b23-13+,24-14+. The van der Waals surface area contributed by atoms with Crippen molar-refractivity contribution in [3.63, 3.8) is 0 Å². The van der Waals surface area contributed by atoms with Gasteiger partial charge in [-0.05, 0) is 41.5 Å². The summed E-state index contributed by atoms with van der Waals surface area (Å²) in [4.78, 5) is 31.5. The number of hydrogen-bond donors (Lipinski definition) is 2. The quantitative estimate of drug-likeness (QED) is 0.509. The molecule has 0 saturated carbocycles. The summed E-state index contributed by atoms with van der Waals surface area (Å²) >= 11 is 0. The lowest BCUT2D eigenvalue weighted by atomic mass is 10.1. The summed E-state index contributed by atoms with van der Waals surface area (Å²) in [5.41, 5.74) is 7.37. The average Bonchev–Trinajstić information content (AvgIpc) is 2.75. The normalized spacial score (nSPS) is 10.9. The minimum Gasteiger partial charge on any atom is -0.267 e. The van der Waals surface area contributed by atoms with Crippen molar-refractivity contribution in [2.24, 2.45) is 10.2 Å². The third-order valence-electron chi connectivity index (χ3n) is 3.56. The summed E-state index contributed by atoms with van der Waals surface area (Å²) in [7, 11) is 0. The van der Waals surface area contributed by atoms with E-state index in [4.69, 9.17) is 0 Å². The van der Waals surface area contributed by atoms with E-state index >= 15 is 0 Å². The van der Waals surface area contributed by atoms with Gasteiger partial charge in [0.05, 0.1) is 12.4 Å². The summed E-state index contributed by atoms with van der Waals surface area (Å²) in [6.07, 6.45) is 9.19. The van der Waals surface area contributed by atoms with Crippen LogP contribution in [0.2, 0.25) is 0 Å². The Balaban J connectivity index is 1.56. The van der Waals surface area contributed by atoms with Gasteiger partial charge in [-0.3, -0.25) is 19.6 Å². The van der Waals surface area contributed by atoms with Gasteiger partial charge in [0.2, 0.25) is 0 Å². The SMILES string of the molecule is O=C(N/N=C/c1cccc(/C=N/NC(=O)c2ccncc2)c1)c1ccncc1. The molecule has 2 aromatic heterocycles. The number of hydrogen-bond acceptors (Lipinski definition) is 6. The first kappa shape index (κ1) is 18.6. The molecule has 0 bridgehead atoms. The lowest BCUT2D eigenvalue weighted by Gasteiger charge is -2.00. The minimum absolute atomic E-state index is 0.324. The van der Waals surface area contributed by atoms with E-state index in [2.05, 4.69) is 31.0 Å². The Bertz CT molecular complexity index is 925. The number of nitrogens with one attached hydrogen (secondary N) is 2. The molecule has 0 aliphatic rings. The number of carbonyl (C=O) groups is 2. The summed E-state index contributed by atoms with van der Waals surface area (Å²) in [5.74, 6) is -0.648. The summed E-state index contributed by atoms with van der Waals surface area (Å²) in [6, 6.07) is 13.7. The Kier molecular flexibility index (Phi) is 6.30. The molecule has 0 unspecified atom stereocenters. The van der Waals surface area contributed by atoms with Crippen LogP contribution in [0.3, 0.4) is 0 Å². The van der Waals surface area contributed by atoms with Gasteiger partial charge >= 0.3 is 0 Å². The molecule has 28 heavy (non-hydrogen) atoms. The molecule has 0 saturated heterocycles. The van der Waals surface area contributed by atoms with Crippen LogP contribution in [0.25, 0.3) is 0 Å². The molecular formula is C20H16N6O2. The van der Waals surface area contributed by atoms with Gasteiger partial charge in [0, 0.05) is 35.9 Å². The molecule has 0 radical (unpaired) electrons. The third-order valence-corrected chi connectivity index (χ3v) is 3.56. The molecule has 2 N–H and O–H groups in total. The summed E-state index contributed by atoms with van der Waals surface area (Å²) in [5, 5.41) is 7.88. The van der Waals surface area contributed by atoms with Crippen LogP contribution in [0.4, 0.5) is 0 Å². The average molecular weight is 372 g/mol. The smallest absolute Gasteiger partial charge is 0.267 e. The first-order valence-corrected chi connectivity index (χ1v) is 8.29. The number of hydrazone groups is 2. The lowest BCUT2D eigenvalue weighted by Crippen LogP contribution is -2.17. The predicted octanol–water partition coefficient (Wildman–Crippen LogP) is 2.00. The zero-order valence-electron chi connectivity index (χ0n) is 14.7. The van der Waals surface area contributed by atoms with E-state index in [1.807, 2.05) is 24.3 Å². The van der Waals surface area contributed by atoms with Crippen molar-refractivity contribution in [2.75, 3.05) is 0 Å². The second-order valence-electron chi connectivity index (χ2n) is 5.54. The third kappa shape index (κ3) is 5.40. The highest BCUT2D eigenvalue weighted by Crippen LogP contribution is 2.01. The van der Waals surface area contributed by atoms with Gasteiger partial charge in [-0.2, -0.15) is 10.2 Å². The number of carbonyl (C=O) groups excluding carboxylic acids is 2. The van der Waals surface area contributed by atoms with Crippen molar-refractivity contribution in [1.82, 2.24) is 20.8 Å². The number of nitrogens with zero attached hydrogens (tertiary/aromatic N) is 4. The predicted molar refractivity (Wildman–Crippen MR) is 105 cm³/mol. The van der Waals surface area contributed by atoms with Crippen LogP contribution in [0.15, 0.2) is 83.5 Å². The number of amides is 2. The molecule has 2 heterocycles. The van der Waals surface area contributed by atoms with Gasteiger partial charge in [-0.25, -0.2) is 10.9 Å². The van der Waals surface area contributed by atoms with E-state index in [1.165, 1.54) is 37.2 Å². The Labute approximate surface area is 161 Å². The van der Waals surface area contributed by atoms with E-state index in [0.29, 0.717) is 11.1 Å². The van der Waals surface area contributed by atoms with Gasteiger partial charge in [0.15, 0.2) is 0 Å². The van der Waals surface area contributed by atoms with Gasteiger partial charge in [0.1, 0.15) is 0 Å². The van der Waals surface area contributed by atoms with Crippen molar-refractivity contribution in [1.29, 1.82) is 0 Å². The van der Waals surface area contributed by atoms with Gasteiger partial charge in [-0.15, -0.1) is 0 Å². The van der Waals surface area contributed by atoms with Crippen molar-refractivity contribution < 1.29 is 9.59 Å². The van der Waals surface area contributed by atoms with Crippen LogP contribution in [0, 0.1) is 0 Å². The molecule has 0 fully saturated rings. The molecule has 3 rings (SSSR count). The molecule has 3 aromatic rings. The van der Waals surface area contributed by atoms with Crippen molar-refractivity contribution in [2.45, 2.75) is 0 Å². The van der Waals surface area contributed by atoms with Gasteiger partial charge < -0.3 is 0 Å². The van der Waals surface area contributed by atoms with Gasteiger partial charge in [-0.1, -0.05) is 18.2 Å². The Morgan fingerprint density at radius 3 is 1.57 bits per heavy atom. The maximum absolute atomic E-state index is 11.9. The highest BCUT2D eigenvalue weighted by Gasteiger charge is 2.03. The van der Waals surface area contributed by atoms with E-state index in [9.17, 15) is 9.59 Å². The zero-order chi connectivity index (χ0) is 19.6. The number of rotatable bonds is 6. The molecular weight excluding hydrogens is 356 g/mol. The van der Waals surface area contributed by atoms with Crippen molar-refractivity contribution >= 4 is 24.2 Å². The number of aromatic nitrogens is 2. The summed E-state index contributed by atoms with van der Waals surface area (Å²) < 4.78 is 0. The van der Waals surface area contributed by atoms with Crippen LogP contribution < -0.4 is 10.9 Å². The van der Waals surface area contributed by atoms with Crippen LogP contribution in [0.1, 0.15) is 31.8 Å². The fraction of sp³-hybridized carbons (Fsp3) is 0. The molecule has 8 heteroatoms. The Morgan fingerprint density at radius 1 is 0.714 bits per heavy atom. The van der Waals surface area contributed by atoms with E-state index in [1.54, 1.807) is 24.3 Å². The largest absolute Gasteiger partial charge is 0.271 e. The molecule has 0 spiro atoms. The van der Waals surface area contributed by atoms with Gasteiger partial charge in [0.25, 0.3) is 11.8 Å². The fourth-order valence-electron chi connectivity index (χ4n) is 2.19. The molecule has 1 aromatic carbocycles. The Morgan fingerprint density at radius 2 is 1.14 bits per heavy atom. The molecule has 0 aliphatic carbocycles. The lowest BCUT2D eigenvalue weighted by molar-refractivity contribution is 0.0947. The van der Waals surface area contributed by atoms with Crippen molar-refractivity contribution in [3.8, 4) is 0 Å². The monoisotopic (exact) mass is 372 g/mol. The van der Waals surface area contributed by atoms with Crippen LogP contribution in [0.5, 0.6) is 0 Å². The molecule has 8 nitrogen and oxygen atoms in total. The van der Waals surface area contributed by atoms with E-state index in [0.717, 1.165) is 11.1 Å². The molecule has 138 valence electrons. The van der Waals surface area contributed by atoms with Crippen LogP contribution in [-0.2, 0) is 0 Å². The molecule has 0 atom stereocenters. The molecule has 2 amide bonds. The van der Waals surface area contributed by atoms with E-state index < -0.39 is 0 Å². The maximum atomic E-state index is 11.9. The zero-order valence-corrected chi connectivity index (χ0v) is 14.7.